The zero-order valence-electron chi connectivity index (χ0n) is 13.0. The van der Waals surface area contributed by atoms with Gasteiger partial charge < -0.3 is 0 Å². The molecule has 1 fully saturated rings. The minimum Gasteiger partial charge on any atom is -0.294 e. The fourth-order valence-corrected chi connectivity index (χ4v) is 3.56. The lowest BCUT2D eigenvalue weighted by Crippen LogP contribution is -2.23. The molecule has 120 valence electrons. The number of ketones is 1. The Labute approximate surface area is 141 Å². The van der Waals surface area contributed by atoms with Crippen LogP contribution in [0.15, 0.2) is 48.5 Å². The number of halogens is 2. The smallest absolute Gasteiger partial charge is 0.165 e. The van der Waals surface area contributed by atoms with Crippen LogP contribution in [0.1, 0.15) is 41.6 Å². The molecule has 0 heterocycles. The number of carbonyl (C=O) groups excluding carboxylic acids is 1. The maximum absolute atomic E-state index is 12.9. The average molecular weight is 331 g/mol. The van der Waals surface area contributed by atoms with Crippen molar-refractivity contribution in [3.8, 4) is 0 Å². The van der Waals surface area contributed by atoms with E-state index in [-0.39, 0.29) is 17.5 Å². The van der Waals surface area contributed by atoms with E-state index < -0.39 is 0 Å². The Morgan fingerprint density at radius 2 is 1.57 bits per heavy atom. The van der Waals surface area contributed by atoms with Gasteiger partial charge in [0, 0.05) is 16.5 Å². The summed E-state index contributed by atoms with van der Waals surface area (Å²) in [6.07, 6.45) is 4.96. The second-order valence-corrected chi connectivity index (χ2v) is 6.86. The van der Waals surface area contributed by atoms with E-state index in [2.05, 4.69) is 0 Å². The van der Waals surface area contributed by atoms with Gasteiger partial charge in [0.1, 0.15) is 5.82 Å². The van der Waals surface area contributed by atoms with Crippen molar-refractivity contribution in [1.29, 1.82) is 0 Å². The molecule has 3 heteroatoms. The third kappa shape index (κ3) is 4.20. The van der Waals surface area contributed by atoms with Crippen LogP contribution in [0.25, 0.3) is 0 Å². The van der Waals surface area contributed by atoms with E-state index in [4.69, 9.17) is 11.6 Å². The maximum atomic E-state index is 12.9. The Morgan fingerprint density at radius 3 is 2.17 bits per heavy atom. The molecule has 0 spiro atoms. The molecule has 2 aromatic carbocycles. The van der Waals surface area contributed by atoms with E-state index in [0.29, 0.717) is 10.9 Å². The van der Waals surface area contributed by atoms with Crippen LogP contribution >= 0.6 is 11.6 Å². The second-order valence-electron chi connectivity index (χ2n) is 6.42. The Balaban J connectivity index is 1.54. The van der Waals surface area contributed by atoms with Crippen molar-refractivity contribution in [3.63, 3.8) is 0 Å². The molecule has 0 saturated heterocycles. The lowest BCUT2D eigenvalue weighted by Gasteiger charge is -2.27. The normalized spacial score (nSPS) is 21.1. The highest BCUT2D eigenvalue weighted by Gasteiger charge is 2.27. The lowest BCUT2D eigenvalue weighted by molar-refractivity contribution is 0.0872. The summed E-state index contributed by atoms with van der Waals surface area (Å²) >= 11 is 5.87. The molecule has 1 saturated carbocycles. The molecule has 1 nitrogen and oxygen atoms in total. The summed E-state index contributed by atoms with van der Waals surface area (Å²) in [5, 5.41) is 0.657. The SMILES string of the molecule is O=C(c1ccc(Cl)cc1)C1CCC(Cc2ccc(F)cc2)CC1. The van der Waals surface area contributed by atoms with Gasteiger partial charge in [-0.1, -0.05) is 23.7 Å². The van der Waals surface area contributed by atoms with E-state index in [1.807, 2.05) is 24.3 Å². The van der Waals surface area contributed by atoms with Crippen molar-refractivity contribution in [2.45, 2.75) is 32.1 Å². The number of carbonyl (C=O) groups is 1. The van der Waals surface area contributed by atoms with E-state index in [1.165, 1.54) is 17.7 Å². The molecule has 0 atom stereocenters. The largest absolute Gasteiger partial charge is 0.294 e. The zero-order chi connectivity index (χ0) is 16.2. The molecule has 1 aliphatic rings. The van der Waals surface area contributed by atoms with Crippen molar-refractivity contribution in [1.82, 2.24) is 0 Å². The van der Waals surface area contributed by atoms with Gasteiger partial charge in [-0.2, -0.15) is 0 Å². The molecular weight excluding hydrogens is 311 g/mol. The lowest BCUT2D eigenvalue weighted by atomic mass is 9.76. The molecular formula is C20H20ClFO. The minimum atomic E-state index is -0.189. The van der Waals surface area contributed by atoms with E-state index in [1.54, 1.807) is 12.1 Å². The second kappa shape index (κ2) is 7.27. The predicted molar refractivity (Wildman–Crippen MR) is 91.3 cm³/mol. The quantitative estimate of drug-likeness (QED) is 0.656. The van der Waals surface area contributed by atoms with Crippen LogP contribution < -0.4 is 0 Å². The molecule has 3 rings (SSSR count). The van der Waals surface area contributed by atoms with Gasteiger partial charge in [0.15, 0.2) is 5.78 Å². The third-order valence-corrected chi connectivity index (χ3v) is 5.04. The number of hydrogen-bond acceptors (Lipinski definition) is 1. The Kier molecular flexibility index (Phi) is 5.12. The van der Waals surface area contributed by atoms with Crippen LogP contribution in [0.3, 0.4) is 0 Å². The zero-order valence-corrected chi connectivity index (χ0v) is 13.7. The first-order chi connectivity index (χ1) is 11.1. The minimum absolute atomic E-state index is 0.126. The first-order valence-corrected chi connectivity index (χ1v) is 8.54. The van der Waals surface area contributed by atoms with Crippen LogP contribution in [0.5, 0.6) is 0 Å². The van der Waals surface area contributed by atoms with E-state index >= 15 is 0 Å². The molecule has 0 bridgehead atoms. The molecule has 0 amide bonds. The van der Waals surface area contributed by atoms with Gasteiger partial charge >= 0.3 is 0 Å². The molecule has 0 radical (unpaired) electrons. The monoisotopic (exact) mass is 330 g/mol. The summed E-state index contributed by atoms with van der Waals surface area (Å²) < 4.78 is 12.9. The fraction of sp³-hybridized carbons (Fsp3) is 0.350. The Hall–Kier alpha value is -1.67. The Bertz CT molecular complexity index is 655. The van der Waals surface area contributed by atoms with Gasteiger partial charge in [-0.15, -0.1) is 0 Å². The highest BCUT2D eigenvalue weighted by atomic mass is 35.5. The van der Waals surface area contributed by atoms with Gasteiger partial charge in [-0.05, 0) is 80.0 Å². The van der Waals surface area contributed by atoms with Crippen LogP contribution in [0.4, 0.5) is 4.39 Å². The van der Waals surface area contributed by atoms with Gasteiger partial charge in [0.05, 0.1) is 0 Å². The molecule has 0 aliphatic heterocycles. The summed E-state index contributed by atoms with van der Waals surface area (Å²) in [6, 6.07) is 13.9. The highest BCUT2D eigenvalue weighted by Crippen LogP contribution is 2.33. The van der Waals surface area contributed by atoms with Gasteiger partial charge in [-0.25, -0.2) is 4.39 Å². The summed E-state index contributed by atoms with van der Waals surface area (Å²) in [4.78, 5) is 12.5. The summed E-state index contributed by atoms with van der Waals surface area (Å²) in [5.74, 6) is 0.767. The van der Waals surface area contributed by atoms with E-state index in [0.717, 1.165) is 37.7 Å². The Morgan fingerprint density at radius 1 is 0.957 bits per heavy atom. The van der Waals surface area contributed by atoms with Crippen molar-refractivity contribution in [3.05, 3.63) is 70.5 Å². The highest BCUT2D eigenvalue weighted by molar-refractivity contribution is 6.30. The van der Waals surface area contributed by atoms with Crippen LogP contribution in [0.2, 0.25) is 5.02 Å². The molecule has 23 heavy (non-hydrogen) atoms. The molecule has 0 N–H and O–H groups in total. The van der Waals surface area contributed by atoms with Gasteiger partial charge in [0.2, 0.25) is 0 Å². The van der Waals surface area contributed by atoms with Gasteiger partial charge in [0.25, 0.3) is 0 Å². The molecule has 2 aromatic rings. The third-order valence-electron chi connectivity index (χ3n) is 4.78. The number of rotatable bonds is 4. The molecule has 0 unspecified atom stereocenters. The first-order valence-electron chi connectivity index (χ1n) is 8.16. The van der Waals surface area contributed by atoms with Crippen molar-refractivity contribution >= 4 is 17.4 Å². The number of benzene rings is 2. The summed E-state index contributed by atoms with van der Waals surface area (Å²) in [7, 11) is 0. The van der Waals surface area contributed by atoms with Crippen molar-refractivity contribution in [2.24, 2.45) is 11.8 Å². The van der Waals surface area contributed by atoms with Crippen LogP contribution in [-0.2, 0) is 6.42 Å². The summed E-state index contributed by atoms with van der Waals surface area (Å²) in [6.45, 7) is 0. The average Bonchev–Trinajstić information content (AvgIpc) is 2.58. The molecule has 1 aliphatic carbocycles. The number of hydrogen-bond donors (Lipinski definition) is 0. The van der Waals surface area contributed by atoms with Crippen LogP contribution in [0, 0.1) is 17.7 Å². The maximum Gasteiger partial charge on any atom is 0.165 e. The summed E-state index contributed by atoms with van der Waals surface area (Å²) in [5.41, 5.74) is 1.94. The fourth-order valence-electron chi connectivity index (χ4n) is 3.43. The van der Waals surface area contributed by atoms with E-state index in [9.17, 15) is 9.18 Å². The predicted octanol–water partition coefficient (Wildman–Crippen LogP) is 5.71. The topological polar surface area (TPSA) is 17.1 Å². The standard InChI is InChI=1S/C20H20ClFO/c21-18-9-7-17(8-10-18)20(23)16-5-1-14(2-6-16)13-15-3-11-19(22)12-4-15/h3-4,7-12,14,16H,1-2,5-6,13H2. The van der Waals surface area contributed by atoms with Gasteiger partial charge in [-0.3, -0.25) is 4.79 Å². The molecule has 0 aromatic heterocycles. The van der Waals surface area contributed by atoms with Crippen molar-refractivity contribution in [2.75, 3.05) is 0 Å². The number of Topliss-reactive ketones (excluding diaryl/α,β-unsaturated/α-hetero) is 1. The van der Waals surface area contributed by atoms with Crippen LogP contribution in [-0.4, -0.2) is 5.78 Å². The van der Waals surface area contributed by atoms with Crippen molar-refractivity contribution < 1.29 is 9.18 Å². The first kappa shape index (κ1) is 16.2.